The van der Waals surface area contributed by atoms with Gasteiger partial charge in [0.1, 0.15) is 6.04 Å². The molecule has 0 heterocycles. The summed E-state index contributed by atoms with van der Waals surface area (Å²) in [6.45, 7) is 0. The Morgan fingerprint density at radius 2 is 2.00 bits per heavy atom. The topological polar surface area (TPSA) is 64.3 Å². The summed E-state index contributed by atoms with van der Waals surface area (Å²) in [5.74, 6) is -0.802. The first kappa shape index (κ1) is 15.8. The first-order chi connectivity index (χ1) is 10.1. The van der Waals surface area contributed by atoms with Crippen molar-refractivity contribution in [3.05, 3.63) is 29.6 Å². The third kappa shape index (κ3) is 4.17. The number of nitrogens with two attached hydrogens (primary N) is 1. The van der Waals surface area contributed by atoms with Crippen molar-refractivity contribution >= 4 is 5.91 Å². The molecule has 0 aromatic heterocycles. The Labute approximate surface area is 124 Å². The smallest absolute Gasteiger partial charge is 0.239 e. The molecule has 1 unspecified atom stereocenters. The number of benzene rings is 1. The van der Waals surface area contributed by atoms with E-state index in [0.29, 0.717) is 5.56 Å². The number of hydrogen-bond acceptors (Lipinski definition) is 3. The number of carbonyl (C=O) groups excluding carboxylic acids is 1. The molecule has 2 rings (SSSR count). The zero-order chi connectivity index (χ0) is 15.2. The number of amides is 1. The normalized spacial score (nSPS) is 18.0. The molecule has 0 bridgehead atoms. The maximum absolute atomic E-state index is 13.8. The third-order valence-electron chi connectivity index (χ3n) is 4.05. The first-order valence-electron chi connectivity index (χ1n) is 7.50. The van der Waals surface area contributed by atoms with E-state index in [1.54, 1.807) is 6.07 Å². The molecule has 1 fully saturated rings. The average Bonchev–Trinajstić information content (AvgIpc) is 2.73. The fourth-order valence-corrected chi connectivity index (χ4v) is 2.89. The number of nitrogens with one attached hydrogen (secondary N) is 1. The molecule has 1 amide bonds. The van der Waals surface area contributed by atoms with Crippen LogP contribution in [0.3, 0.4) is 0 Å². The van der Waals surface area contributed by atoms with Gasteiger partial charge in [0, 0.05) is 6.04 Å². The van der Waals surface area contributed by atoms with Crippen LogP contribution in [0.2, 0.25) is 0 Å². The van der Waals surface area contributed by atoms with Crippen LogP contribution in [-0.4, -0.2) is 19.1 Å². The van der Waals surface area contributed by atoms with Gasteiger partial charge in [0.25, 0.3) is 0 Å². The molecular formula is C16H23FN2O2. The molecule has 1 saturated carbocycles. The average molecular weight is 294 g/mol. The minimum atomic E-state index is -0.659. The Morgan fingerprint density at radius 1 is 1.33 bits per heavy atom. The van der Waals surface area contributed by atoms with E-state index < -0.39 is 17.8 Å². The molecule has 0 saturated heterocycles. The third-order valence-corrected chi connectivity index (χ3v) is 4.05. The van der Waals surface area contributed by atoms with Crippen LogP contribution in [0.4, 0.5) is 4.39 Å². The minimum absolute atomic E-state index is 0.163. The fourth-order valence-electron chi connectivity index (χ4n) is 2.89. The van der Waals surface area contributed by atoms with Gasteiger partial charge in [0.05, 0.1) is 7.11 Å². The van der Waals surface area contributed by atoms with Crippen molar-refractivity contribution in [2.75, 3.05) is 7.11 Å². The predicted octanol–water partition coefficient (Wildman–Crippen LogP) is 2.67. The lowest BCUT2D eigenvalue weighted by Gasteiger charge is -2.23. The summed E-state index contributed by atoms with van der Waals surface area (Å²) >= 11 is 0. The summed E-state index contributed by atoms with van der Waals surface area (Å²) in [5, 5.41) is 3.29. The summed E-state index contributed by atoms with van der Waals surface area (Å²) in [6, 6.07) is 4.12. The van der Waals surface area contributed by atoms with Crippen molar-refractivity contribution in [1.82, 2.24) is 5.32 Å². The van der Waals surface area contributed by atoms with E-state index in [1.807, 2.05) is 0 Å². The van der Waals surface area contributed by atoms with Crippen molar-refractivity contribution in [2.45, 2.75) is 50.6 Å². The Bertz CT molecular complexity index is 485. The Balaban J connectivity index is 2.14. The van der Waals surface area contributed by atoms with Crippen LogP contribution in [0.1, 0.15) is 50.1 Å². The van der Waals surface area contributed by atoms with Gasteiger partial charge in [-0.2, -0.15) is 0 Å². The van der Waals surface area contributed by atoms with Crippen LogP contribution < -0.4 is 15.8 Å². The molecule has 0 spiro atoms. The lowest BCUT2D eigenvalue weighted by Crippen LogP contribution is -2.40. The molecule has 0 radical (unpaired) electrons. The highest BCUT2D eigenvalue weighted by molar-refractivity contribution is 5.81. The Morgan fingerprint density at radius 3 is 2.52 bits per heavy atom. The molecule has 3 N–H and O–H groups in total. The van der Waals surface area contributed by atoms with E-state index >= 15 is 0 Å². The van der Waals surface area contributed by atoms with Crippen LogP contribution in [-0.2, 0) is 4.79 Å². The first-order valence-corrected chi connectivity index (χ1v) is 7.50. The van der Waals surface area contributed by atoms with Gasteiger partial charge in [-0.15, -0.1) is 0 Å². The second kappa shape index (κ2) is 7.41. The summed E-state index contributed by atoms with van der Waals surface area (Å²) in [6.07, 6.45) is 6.83. The highest BCUT2D eigenvalue weighted by Crippen LogP contribution is 2.24. The predicted molar refractivity (Wildman–Crippen MR) is 79.5 cm³/mol. The Hall–Kier alpha value is -1.62. The number of methoxy groups -OCH3 is 1. The number of carbonyl (C=O) groups is 1. The lowest BCUT2D eigenvalue weighted by atomic mass is 10.0. The van der Waals surface area contributed by atoms with E-state index in [-0.39, 0.29) is 11.8 Å². The van der Waals surface area contributed by atoms with Crippen LogP contribution >= 0.6 is 0 Å². The van der Waals surface area contributed by atoms with Crippen molar-refractivity contribution < 1.29 is 13.9 Å². The van der Waals surface area contributed by atoms with Crippen LogP contribution in [0, 0.1) is 5.82 Å². The minimum Gasteiger partial charge on any atom is -0.494 e. The number of halogens is 1. The second-order valence-corrected chi connectivity index (χ2v) is 5.58. The molecule has 1 aliphatic carbocycles. The maximum Gasteiger partial charge on any atom is 0.239 e. The van der Waals surface area contributed by atoms with Gasteiger partial charge in [-0.25, -0.2) is 4.39 Å². The SMILES string of the molecule is COc1ccc(C(NC2CCCCCC2)C(N)=O)cc1F. The highest BCUT2D eigenvalue weighted by Gasteiger charge is 2.23. The summed E-state index contributed by atoms with van der Waals surface area (Å²) in [7, 11) is 1.41. The van der Waals surface area contributed by atoms with E-state index in [9.17, 15) is 9.18 Å². The Kier molecular flexibility index (Phi) is 5.56. The number of rotatable bonds is 5. The van der Waals surface area contributed by atoms with Crippen molar-refractivity contribution in [2.24, 2.45) is 5.73 Å². The van der Waals surface area contributed by atoms with E-state index in [0.717, 1.165) is 25.7 Å². The summed E-state index contributed by atoms with van der Waals surface area (Å²) in [4.78, 5) is 11.7. The zero-order valence-electron chi connectivity index (χ0n) is 12.4. The maximum atomic E-state index is 13.8. The number of hydrogen-bond donors (Lipinski definition) is 2. The quantitative estimate of drug-likeness (QED) is 0.821. The van der Waals surface area contributed by atoms with E-state index in [2.05, 4.69) is 5.32 Å². The molecule has 116 valence electrons. The number of ether oxygens (including phenoxy) is 1. The van der Waals surface area contributed by atoms with Gasteiger partial charge in [0.15, 0.2) is 11.6 Å². The van der Waals surface area contributed by atoms with Gasteiger partial charge in [-0.1, -0.05) is 31.7 Å². The van der Waals surface area contributed by atoms with Crippen LogP contribution in [0.25, 0.3) is 0 Å². The fraction of sp³-hybridized carbons (Fsp3) is 0.562. The molecular weight excluding hydrogens is 271 g/mol. The van der Waals surface area contributed by atoms with Crippen molar-refractivity contribution in [1.29, 1.82) is 0 Å². The van der Waals surface area contributed by atoms with E-state index in [4.69, 9.17) is 10.5 Å². The standard InChI is InChI=1S/C16H23FN2O2/c1-21-14-9-8-11(10-13(14)17)15(16(18)20)19-12-6-4-2-3-5-7-12/h8-10,12,15,19H,2-7H2,1H3,(H2,18,20). The molecule has 1 atom stereocenters. The summed E-state index contributed by atoms with van der Waals surface area (Å²) in [5.41, 5.74) is 6.04. The number of primary amides is 1. The molecule has 21 heavy (non-hydrogen) atoms. The second-order valence-electron chi connectivity index (χ2n) is 5.58. The van der Waals surface area contributed by atoms with Crippen LogP contribution in [0.15, 0.2) is 18.2 Å². The van der Waals surface area contributed by atoms with E-state index in [1.165, 1.54) is 32.1 Å². The molecule has 4 nitrogen and oxygen atoms in total. The van der Waals surface area contributed by atoms with Crippen LogP contribution in [0.5, 0.6) is 5.75 Å². The largest absolute Gasteiger partial charge is 0.494 e. The van der Waals surface area contributed by atoms with Gasteiger partial charge in [-0.05, 0) is 30.5 Å². The molecule has 5 heteroatoms. The van der Waals surface area contributed by atoms with Gasteiger partial charge in [-0.3, -0.25) is 10.1 Å². The lowest BCUT2D eigenvalue weighted by molar-refractivity contribution is -0.120. The summed E-state index contributed by atoms with van der Waals surface area (Å²) < 4.78 is 18.7. The van der Waals surface area contributed by atoms with Crippen molar-refractivity contribution in [3.8, 4) is 5.75 Å². The van der Waals surface area contributed by atoms with Gasteiger partial charge < -0.3 is 10.5 Å². The molecule has 1 aromatic rings. The molecule has 1 aromatic carbocycles. The van der Waals surface area contributed by atoms with Gasteiger partial charge in [0.2, 0.25) is 5.91 Å². The molecule has 1 aliphatic rings. The van der Waals surface area contributed by atoms with Crippen molar-refractivity contribution in [3.63, 3.8) is 0 Å². The highest BCUT2D eigenvalue weighted by atomic mass is 19.1. The molecule has 0 aliphatic heterocycles. The monoisotopic (exact) mass is 294 g/mol. The zero-order valence-corrected chi connectivity index (χ0v) is 12.4. The van der Waals surface area contributed by atoms with Gasteiger partial charge >= 0.3 is 0 Å².